The van der Waals surface area contributed by atoms with E-state index in [1.807, 2.05) is 13.0 Å². The molecule has 0 saturated carbocycles. The maximum Gasteiger partial charge on any atom is 0.276 e. The molecule has 0 bridgehead atoms. The lowest BCUT2D eigenvalue weighted by Crippen LogP contribution is -2.19. The van der Waals surface area contributed by atoms with Gasteiger partial charge in [0.2, 0.25) is 0 Å². The largest absolute Gasteiger partial charge is 0.504 e. The van der Waals surface area contributed by atoms with Crippen LogP contribution in [0.25, 0.3) is 0 Å². The molecule has 0 aromatic heterocycles. The van der Waals surface area contributed by atoms with Crippen molar-refractivity contribution < 1.29 is 18.3 Å². The Bertz CT molecular complexity index is 845. The van der Waals surface area contributed by atoms with Gasteiger partial charge in [0, 0.05) is 0 Å². The number of nitrogens with one attached hydrogen (secondary N) is 1. The fourth-order valence-electron chi connectivity index (χ4n) is 2.00. The van der Waals surface area contributed by atoms with Crippen molar-refractivity contribution >= 4 is 16.2 Å². The van der Waals surface area contributed by atoms with E-state index in [2.05, 4.69) is 9.93 Å². The summed E-state index contributed by atoms with van der Waals surface area (Å²) in [6.45, 7) is 3.54. The molecule has 0 aliphatic rings. The van der Waals surface area contributed by atoms with Gasteiger partial charge in [-0.3, -0.25) is 0 Å². The van der Waals surface area contributed by atoms with Crippen LogP contribution in [0.4, 0.5) is 0 Å². The molecule has 2 aromatic carbocycles. The minimum Gasteiger partial charge on any atom is -0.504 e. The summed E-state index contributed by atoms with van der Waals surface area (Å²) in [5.74, 6) is 0.284. The van der Waals surface area contributed by atoms with Crippen molar-refractivity contribution in [3.05, 3.63) is 53.1 Å². The molecule has 7 heteroatoms. The summed E-state index contributed by atoms with van der Waals surface area (Å²) in [6.07, 6.45) is 1.31. The number of rotatable bonds is 5. The zero-order valence-electron chi connectivity index (χ0n) is 13.1. The highest BCUT2D eigenvalue weighted by Crippen LogP contribution is 2.25. The van der Waals surface area contributed by atoms with Gasteiger partial charge < -0.3 is 9.84 Å². The van der Waals surface area contributed by atoms with Crippen molar-refractivity contribution in [2.45, 2.75) is 18.7 Å². The van der Waals surface area contributed by atoms with E-state index in [1.165, 1.54) is 19.4 Å². The van der Waals surface area contributed by atoms with Crippen LogP contribution in [0, 0.1) is 13.8 Å². The number of hydrogen-bond acceptors (Lipinski definition) is 5. The van der Waals surface area contributed by atoms with Crippen LogP contribution in [0.1, 0.15) is 16.7 Å². The number of benzene rings is 2. The highest BCUT2D eigenvalue weighted by molar-refractivity contribution is 7.89. The van der Waals surface area contributed by atoms with E-state index in [9.17, 15) is 13.5 Å². The normalized spacial score (nSPS) is 11.6. The van der Waals surface area contributed by atoms with Crippen LogP contribution in [0.3, 0.4) is 0 Å². The summed E-state index contributed by atoms with van der Waals surface area (Å²) < 4.78 is 29.5. The number of hydrazone groups is 1. The number of phenolic OH excluding ortho intramolecular Hbond substituents is 1. The molecule has 0 aliphatic carbocycles. The number of phenols is 1. The van der Waals surface area contributed by atoms with E-state index in [-0.39, 0.29) is 10.6 Å². The minimum absolute atomic E-state index is 0.0474. The molecule has 0 radical (unpaired) electrons. The van der Waals surface area contributed by atoms with Crippen molar-refractivity contribution in [3.8, 4) is 11.5 Å². The van der Waals surface area contributed by atoms with Crippen LogP contribution in [-0.4, -0.2) is 26.8 Å². The Kier molecular flexibility index (Phi) is 4.90. The van der Waals surface area contributed by atoms with Gasteiger partial charge in [-0.25, -0.2) is 4.83 Å². The van der Waals surface area contributed by atoms with E-state index in [0.29, 0.717) is 16.9 Å². The number of methoxy groups -OCH3 is 1. The van der Waals surface area contributed by atoms with E-state index in [1.54, 1.807) is 31.2 Å². The molecule has 2 N–H and O–H groups in total. The standard InChI is InChI=1S/C16H18N2O4S/c1-11-4-5-12(2)16(8-11)23(20,21)18-17-10-13-6-7-15(22-3)14(19)9-13/h4-10,18-19H,1-3H3/b17-10+. The molecule has 0 atom stereocenters. The van der Waals surface area contributed by atoms with Crippen LogP contribution >= 0.6 is 0 Å². The van der Waals surface area contributed by atoms with Crippen molar-refractivity contribution in [2.75, 3.05) is 7.11 Å². The lowest BCUT2D eigenvalue weighted by atomic mass is 10.2. The number of nitrogens with zero attached hydrogens (tertiary/aromatic N) is 1. The predicted molar refractivity (Wildman–Crippen MR) is 88.5 cm³/mol. The van der Waals surface area contributed by atoms with E-state index in [4.69, 9.17) is 4.74 Å². The summed E-state index contributed by atoms with van der Waals surface area (Å²) in [4.78, 5) is 2.36. The van der Waals surface area contributed by atoms with Crippen molar-refractivity contribution in [1.82, 2.24) is 4.83 Å². The van der Waals surface area contributed by atoms with Gasteiger partial charge in [0.1, 0.15) is 0 Å². The van der Waals surface area contributed by atoms with Gasteiger partial charge in [0.25, 0.3) is 10.0 Å². The van der Waals surface area contributed by atoms with Gasteiger partial charge in [-0.15, -0.1) is 0 Å². The average molecular weight is 334 g/mol. The fraction of sp³-hybridized carbons (Fsp3) is 0.188. The van der Waals surface area contributed by atoms with Crippen LogP contribution < -0.4 is 9.57 Å². The molecule has 0 unspecified atom stereocenters. The zero-order chi connectivity index (χ0) is 17.0. The molecule has 0 spiro atoms. The molecular weight excluding hydrogens is 316 g/mol. The van der Waals surface area contributed by atoms with Crippen LogP contribution in [0.15, 0.2) is 46.4 Å². The highest BCUT2D eigenvalue weighted by Gasteiger charge is 2.15. The lowest BCUT2D eigenvalue weighted by molar-refractivity contribution is 0.373. The molecule has 6 nitrogen and oxygen atoms in total. The minimum atomic E-state index is -3.74. The molecule has 23 heavy (non-hydrogen) atoms. The number of aryl methyl sites for hydroxylation is 2. The summed E-state index contributed by atoms with van der Waals surface area (Å²) in [7, 11) is -2.30. The monoisotopic (exact) mass is 334 g/mol. The quantitative estimate of drug-likeness (QED) is 0.649. The Morgan fingerprint density at radius 1 is 1.17 bits per heavy atom. The smallest absolute Gasteiger partial charge is 0.276 e. The maximum atomic E-state index is 12.3. The van der Waals surface area contributed by atoms with Crippen LogP contribution in [-0.2, 0) is 10.0 Å². The molecule has 0 aliphatic heterocycles. The van der Waals surface area contributed by atoms with Crippen molar-refractivity contribution in [1.29, 1.82) is 0 Å². The van der Waals surface area contributed by atoms with Crippen LogP contribution in [0.5, 0.6) is 11.5 Å². The SMILES string of the molecule is COc1ccc(/C=N/NS(=O)(=O)c2cc(C)ccc2C)cc1O. The zero-order valence-corrected chi connectivity index (χ0v) is 13.9. The van der Waals surface area contributed by atoms with E-state index < -0.39 is 10.0 Å². The summed E-state index contributed by atoms with van der Waals surface area (Å²) in [5.41, 5.74) is 2.02. The molecule has 0 heterocycles. The van der Waals surface area contributed by atoms with Crippen LogP contribution in [0.2, 0.25) is 0 Å². The van der Waals surface area contributed by atoms with Crippen molar-refractivity contribution in [2.24, 2.45) is 5.10 Å². The molecule has 0 amide bonds. The van der Waals surface area contributed by atoms with Gasteiger partial charge >= 0.3 is 0 Å². The second-order valence-electron chi connectivity index (χ2n) is 5.05. The lowest BCUT2D eigenvalue weighted by Gasteiger charge is -2.07. The average Bonchev–Trinajstić information content (AvgIpc) is 2.49. The first kappa shape index (κ1) is 16.8. The first-order valence-electron chi connectivity index (χ1n) is 6.82. The molecule has 122 valence electrons. The van der Waals surface area contributed by atoms with Gasteiger partial charge in [-0.2, -0.15) is 13.5 Å². The third kappa shape index (κ3) is 4.01. The molecule has 0 saturated heterocycles. The number of hydrogen-bond donors (Lipinski definition) is 2. The number of sulfonamides is 1. The number of ether oxygens (including phenoxy) is 1. The molecule has 2 rings (SSSR count). The van der Waals surface area contributed by atoms with Gasteiger partial charge in [0.05, 0.1) is 18.2 Å². The number of aromatic hydroxyl groups is 1. The van der Waals surface area contributed by atoms with Gasteiger partial charge in [-0.05, 0) is 54.8 Å². The second-order valence-corrected chi connectivity index (χ2v) is 6.68. The Hall–Kier alpha value is -2.54. The third-order valence-electron chi connectivity index (χ3n) is 3.22. The van der Waals surface area contributed by atoms with Gasteiger partial charge in [-0.1, -0.05) is 12.1 Å². The first-order valence-corrected chi connectivity index (χ1v) is 8.31. The molecular formula is C16H18N2O4S. The summed E-state index contributed by atoms with van der Waals surface area (Å²) in [5, 5.41) is 13.4. The summed E-state index contributed by atoms with van der Waals surface area (Å²) >= 11 is 0. The maximum absolute atomic E-state index is 12.3. The Morgan fingerprint density at radius 3 is 2.57 bits per heavy atom. The van der Waals surface area contributed by atoms with Gasteiger partial charge in [0.15, 0.2) is 11.5 Å². The summed E-state index contributed by atoms with van der Waals surface area (Å²) in [6, 6.07) is 9.82. The predicted octanol–water partition coefficient (Wildman–Crippen LogP) is 2.33. The highest BCUT2D eigenvalue weighted by atomic mass is 32.2. The Labute approximate surface area is 135 Å². The third-order valence-corrected chi connectivity index (χ3v) is 4.59. The molecule has 2 aromatic rings. The Morgan fingerprint density at radius 2 is 1.91 bits per heavy atom. The van der Waals surface area contributed by atoms with E-state index in [0.717, 1.165) is 5.56 Å². The molecule has 0 fully saturated rings. The first-order chi connectivity index (χ1) is 10.8. The van der Waals surface area contributed by atoms with E-state index >= 15 is 0 Å². The fourth-order valence-corrected chi connectivity index (χ4v) is 3.13. The van der Waals surface area contributed by atoms with Crippen molar-refractivity contribution in [3.63, 3.8) is 0 Å². The second kappa shape index (κ2) is 6.70. The Balaban J connectivity index is 2.19. The topological polar surface area (TPSA) is 88.0 Å².